The SMILES string of the molecule is CCc1sccc1NC. The topological polar surface area (TPSA) is 12.0 Å². The first-order valence-corrected chi connectivity index (χ1v) is 4.00. The Bertz CT molecular complexity index is 162. The summed E-state index contributed by atoms with van der Waals surface area (Å²) in [4.78, 5) is 1.44. The normalized spacial score (nSPS) is 9.56. The molecule has 0 atom stereocenters. The van der Waals surface area contributed by atoms with E-state index in [4.69, 9.17) is 0 Å². The van der Waals surface area contributed by atoms with Gasteiger partial charge < -0.3 is 5.32 Å². The zero-order chi connectivity index (χ0) is 6.69. The molecule has 0 aliphatic carbocycles. The summed E-state index contributed by atoms with van der Waals surface area (Å²) in [6.07, 6.45) is 1.13. The Morgan fingerprint density at radius 1 is 1.67 bits per heavy atom. The third-order valence-electron chi connectivity index (χ3n) is 1.34. The fourth-order valence-electron chi connectivity index (χ4n) is 0.837. The van der Waals surface area contributed by atoms with E-state index in [0.717, 1.165) is 6.42 Å². The van der Waals surface area contributed by atoms with Crippen molar-refractivity contribution in [3.8, 4) is 0 Å². The van der Waals surface area contributed by atoms with Crippen LogP contribution in [0.1, 0.15) is 11.8 Å². The second kappa shape index (κ2) is 2.87. The highest BCUT2D eigenvalue weighted by atomic mass is 32.1. The van der Waals surface area contributed by atoms with Crippen molar-refractivity contribution in [3.05, 3.63) is 16.3 Å². The van der Waals surface area contributed by atoms with Crippen LogP contribution in [-0.2, 0) is 6.42 Å². The molecule has 50 valence electrons. The van der Waals surface area contributed by atoms with Gasteiger partial charge in [0.05, 0.1) is 0 Å². The van der Waals surface area contributed by atoms with E-state index >= 15 is 0 Å². The van der Waals surface area contributed by atoms with E-state index in [1.165, 1.54) is 10.6 Å². The standard InChI is InChI=1S/C7H11NS/c1-3-7-6(8-2)4-5-9-7/h4-5,8H,3H2,1-2H3. The van der Waals surface area contributed by atoms with Gasteiger partial charge in [-0.1, -0.05) is 6.92 Å². The van der Waals surface area contributed by atoms with Crippen molar-refractivity contribution in [2.45, 2.75) is 13.3 Å². The lowest BCUT2D eigenvalue weighted by atomic mass is 10.3. The average Bonchev–Trinajstić information content (AvgIpc) is 2.33. The molecule has 9 heavy (non-hydrogen) atoms. The van der Waals surface area contributed by atoms with E-state index < -0.39 is 0 Å². The third-order valence-corrected chi connectivity index (χ3v) is 2.40. The van der Waals surface area contributed by atoms with Crippen molar-refractivity contribution in [3.63, 3.8) is 0 Å². The van der Waals surface area contributed by atoms with E-state index in [9.17, 15) is 0 Å². The van der Waals surface area contributed by atoms with Crippen LogP contribution < -0.4 is 5.32 Å². The van der Waals surface area contributed by atoms with Crippen molar-refractivity contribution < 1.29 is 0 Å². The Hall–Kier alpha value is -0.500. The zero-order valence-corrected chi connectivity index (χ0v) is 6.59. The van der Waals surface area contributed by atoms with Gasteiger partial charge in [-0.25, -0.2) is 0 Å². The fourth-order valence-corrected chi connectivity index (χ4v) is 1.67. The number of rotatable bonds is 2. The molecule has 2 heteroatoms. The van der Waals surface area contributed by atoms with Crippen LogP contribution in [0.25, 0.3) is 0 Å². The van der Waals surface area contributed by atoms with Crippen LogP contribution in [0, 0.1) is 0 Å². The summed E-state index contributed by atoms with van der Waals surface area (Å²) in [6, 6.07) is 2.11. The van der Waals surface area contributed by atoms with Crippen LogP contribution in [0.4, 0.5) is 5.69 Å². The minimum Gasteiger partial charge on any atom is -0.387 e. The summed E-state index contributed by atoms with van der Waals surface area (Å²) in [6.45, 7) is 2.17. The maximum Gasteiger partial charge on any atom is 0.0478 e. The third kappa shape index (κ3) is 1.24. The maximum atomic E-state index is 3.14. The fraction of sp³-hybridized carbons (Fsp3) is 0.429. The van der Waals surface area contributed by atoms with Gasteiger partial charge in [-0.05, 0) is 17.9 Å². The molecular formula is C7H11NS. The average molecular weight is 141 g/mol. The molecule has 1 N–H and O–H groups in total. The Morgan fingerprint density at radius 2 is 2.44 bits per heavy atom. The van der Waals surface area contributed by atoms with Crippen LogP contribution in [0.2, 0.25) is 0 Å². The second-order valence-corrected chi connectivity index (χ2v) is 2.86. The van der Waals surface area contributed by atoms with Crippen LogP contribution in [0.5, 0.6) is 0 Å². The predicted octanol–water partition coefficient (Wildman–Crippen LogP) is 2.35. The van der Waals surface area contributed by atoms with Gasteiger partial charge in [-0.3, -0.25) is 0 Å². The summed E-state index contributed by atoms with van der Waals surface area (Å²) in [5.41, 5.74) is 1.28. The maximum absolute atomic E-state index is 3.14. The van der Waals surface area contributed by atoms with Crippen molar-refractivity contribution in [2.75, 3.05) is 12.4 Å². The molecule has 1 aromatic heterocycles. The van der Waals surface area contributed by atoms with Gasteiger partial charge in [0.15, 0.2) is 0 Å². The second-order valence-electron chi connectivity index (χ2n) is 1.86. The minimum atomic E-state index is 1.13. The molecule has 0 aromatic carbocycles. The van der Waals surface area contributed by atoms with Gasteiger partial charge in [0.1, 0.15) is 0 Å². The van der Waals surface area contributed by atoms with Crippen LogP contribution in [0.15, 0.2) is 11.4 Å². The molecular weight excluding hydrogens is 130 g/mol. The first-order chi connectivity index (χ1) is 4.38. The summed E-state index contributed by atoms with van der Waals surface area (Å²) in [7, 11) is 1.96. The molecule has 0 fully saturated rings. The summed E-state index contributed by atoms with van der Waals surface area (Å²) >= 11 is 1.81. The van der Waals surface area contributed by atoms with Gasteiger partial charge in [0, 0.05) is 17.6 Å². The minimum absolute atomic E-state index is 1.13. The van der Waals surface area contributed by atoms with Gasteiger partial charge in [-0.15, -0.1) is 11.3 Å². The molecule has 0 spiro atoms. The smallest absolute Gasteiger partial charge is 0.0478 e. The lowest BCUT2D eigenvalue weighted by Crippen LogP contribution is -1.87. The number of hydrogen-bond acceptors (Lipinski definition) is 2. The van der Waals surface area contributed by atoms with E-state index in [2.05, 4.69) is 23.7 Å². The Balaban J connectivity index is 2.85. The Labute approximate surface area is 59.7 Å². The van der Waals surface area contributed by atoms with Crippen LogP contribution in [0.3, 0.4) is 0 Å². The highest BCUT2D eigenvalue weighted by molar-refractivity contribution is 7.10. The van der Waals surface area contributed by atoms with Crippen molar-refractivity contribution in [1.82, 2.24) is 0 Å². The van der Waals surface area contributed by atoms with Gasteiger partial charge in [0.2, 0.25) is 0 Å². The monoisotopic (exact) mass is 141 g/mol. The summed E-state index contributed by atoms with van der Waals surface area (Å²) < 4.78 is 0. The molecule has 0 unspecified atom stereocenters. The molecule has 0 radical (unpaired) electrons. The summed E-state index contributed by atoms with van der Waals surface area (Å²) in [5.74, 6) is 0. The molecule has 0 bridgehead atoms. The van der Waals surface area contributed by atoms with E-state index in [0.29, 0.717) is 0 Å². The quantitative estimate of drug-likeness (QED) is 0.666. The largest absolute Gasteiger partial charge is 0.387 e. The van der Waals surface area contributed by atoms with E-state index in [1.54, 1.807) is 0 Å². The zero-order valence-electron chi connectivity index (χ0n) is 5.77. The van der Waals surface area contributed by atoms with Crippen molar-refractivity contribution >= 4 is 17.0 Å². The first-order valence-electron chi connectivity index (χ1n) is 3.12. The lowest BCUT2D eigenvalue weighted by Gasteiger charge is -1.96. The molecule has 1 heterocycles. The van der Waals surface area contributed by atoms with Crippen molar-refractivity contribution in [1.29, 1.82) is 0 Å². The predicted molar refractivity (Wildman–Crippen MR) is 43.2 cm³/mol. The molecule has 0 amide bonds. The lowest BCUT2D eigenvalue weighted by molar-refractivity contribution is 1.18. The molecule has 0 saturated heterocycles. The Kier molecular flexibility index (Phi) is 2.11. The van der Waals surface area contributed by atoms with Gasteiger partial charge in [0.25, 0.3) is 0 Å². The molecule has 0 aliphatic heterocycles. The first kappa shape index (κ1) is 6.62. The number of hydrogen-bond donors (Lipinski definition) is 1. The van der Waals surface area contributed by atoms with Crippen LogP contribution >= 0.6 is 11.3 Å². The molecule has 1 rings (SSSR count). The van der Waals surface area contributed by atoms with Crippen molar-refractivity contribution in [2.24, 2.45) is 0 Å². The number of aryl methyl sites for hydroxylation is 1. The molecule has 1 nitrogen and oxygen atoms in total. The Morgan fingerprint density at radius 3 is 2.89 bits per heavy atom. The molecule has 0 aliphatic rings. The highest BCUT2D eigenvalue weighted by Gasteiger charge is 1.96. The number of nitrogens with one attached hydrogen (secondary N) is 1. The van der Waals surface area contributed by atoms with Gasteiger partial charge >= 0.3 is 0 Å². The number of thiophene rings is 1. The molecule has 1 aromatic rings. The van der Waals surface area contributed by atoms with Crippen LogP contribution in [-0.4, -0.2) is 7.05 Å². The molecule has 0 saturated carbocycles. The summed E-state index contributed by atoms with van der Waals surface area (Å²) in [5, 5.41) is 5.25. The van der Waals surface area contributed by atoms with E-state index in [-0.39, 0.29) is 0 Å². The highest BCUT2D eigenvalue weighted by Crippen LogP contribution is 2.21. The number of anilines is 1. The van der Waals surface area contributed by atoms with Gasteiger partial charge in [-0.2, -0.15) is 0 Å². The van der Waals surface area contributed by atoms with E-state index in [1.807, 2.05) is 18.4 Å².